The second kappa shape index (κ2) is 9.68. The number of likely N-dealkylation sites (tertiary alicyclic amines) is 1. The normalized spacial score (nSPS) is 15.9. The summed E-state index contributed by atoms with van der Waals surface area (Å²) in [6.07, 6.45) is 1.02. The van der Waals surface area contributed by atoms with Gasteiger partial charge in [0.25, 0.3) is 5.69 Å². The summed E-state index contributed by atoms with van der Waals surface area (Å²) in [5.74, 6) is -0.422. The van der Waals surface area contributed by atoms with Crippen LogP contribution in [0.5, 0.6) is 0 Å². The molecule has 0 saturated carbocycles. The number of nitrogens with zero attached hydrogens (tertiary/aromatic N) is 2. The first-order valence-electron chi connectivity index (χ1n) is 9.60. The van der Waals surface area contributed by atoms with E-state index in [4.69, 9.17) is 0 Å². The van der Waals surface area contributed by atoms with Crippen molar-refractivity contribution in [3.63, 3.8) is 0 Å². The predicted molar refractivity (Wildman–Crippen MR) is 109 cm³/mol. The molecule has 2 amide bonds. The van der Waals surface area contributed by atoms with Gasteiger partial charge in [0.15, 0.2) is 0 Å². The molecule has 0 spiro atoms. The average Bonchev–Trinajstić information content (AvgIpc) is 3.11. The Bertz CT molecular complexity index is 855. The quantitative estimate of drug-likeness (QED) is 0.384. The van der Waals surface area contributed by atoms with Crippen LogP contribution in [-0.4, -0.2) is 47.8 Å². The van der Waals surface area contributed by atoms with Crippen LogP contribution >= 0.6 is 0 Å². The molecule has 2 aromatic rings. The number of amides is 2. The van der Waals surface area contributed by atoms with Crippen molar-refractivity contribution < 1.29 is 14.5 Å². The minimum absolute atomic E-state index is 0.0186. The third kappa shape index (κ3) is 5.78. The number of non-ortho nitro benzene ring substituents is 1. The van der Waals surface area contributed by atoms with E-state index in [1.165, 1.54) is 17.7 Å². The van der Waals surface area contributed by atoms with Crippen molar-refractivity contribution in [2.75, 3.05) is 31.5 Å². The SMILES string of the molecule is O=C(NCCNc1ccc([N+](=O)[O-])cc1)[C@H]1CC(=O)N(CCc2ccccc2)C1. The number of hydrogen-bond acceptors (Lipinski definition) is 5. The summed E-state index contributed by atoms with van der Waals surface area (Å²) in [6.45, 7) is 1.97. The smallest absolute Gasteiger partial charge is 0.269 e. The molecule has 8 heteroatoms. The van der Waals surface area contributed by atoms with Crippen molar-refractivity contribution >= 4 is 23.2 Å². The minimum Gasteiger partial charge on any atom is -0.383 e. The lowest BCUT2D eigenvalue weighted by Gasteiger charge is -2.16. The minimum atomic E-state index is -0.448. The van der Waals surface area contributed by atoms with Gasteiger partial charge in [-0.05, 0) is 24.1 Å². The zero-order valence-corrected chi connectivity index (χ0v) is 16.0. The summed E-state index contributed by atoms with van der Waals surface area (Å²) in [4.78, 5) is 36.5. The highest BCUT2D eigenvalue weighted by Crippen LogP contribution is 2.18. The van der Waals surface area contributed by atoms with Gasteiger partial charge in [-0.25, -0.2) is 0 Å². The molecule has 2 aromatic carbocycles. The van der Waals surface area contributed by atoms with Gasteiger partial charge in [-0.2, -0.15) is 0 Å². The molecule has 1 heterocycles. The van der Waals surface area contributed by atoms with Gasteiger partial charge in [-0.1, -0.05) is 30.3 Å². The number of anilines is 1. The monoisotopic (exact) mass is 396 g/mol. The number of carbonyl (C=O) groups excluding carboxylic acids is 2. The Labute approximate surface area is 169 Å². The maximum atomic E-state index is 12.3. The van der Waals surface area contributed by atoms with E-state index in [2.05, 4.69) is 10.6 Å². The van der Waals surface area contributed by atoms with E-state index >= 15 is 0 Å². The third-order valence-corrected chi connectivity index (χ3v) is 4.93. The second-order valence-electron chi connectivity index (χ2n) is 7.00. The summed E-state index contributed by atoms with van der Waals surface area (Å²) >= 11 is 0. The topological polar surface area (TPSA) is 105 Å². The van der Waals surface area contributed by atoms with Crippen molar-refractivity contribution in [1.82, 2.24) is 10.2 Å². The Hall–Kier alpha value is -3.42. The fourth-order valence-corrected chi connectivity index (χ4v) is 3.31. The molecule has 0 aromatic heterocycles. The highest BCUT2D eigenvalue weighted by molar-refractivity contribution is 5.89. The van der Waals surface area contributed by atoms with Crippen LogP contribution in [0.2, 0.25) is 0 Å². The Balaban J connectivity index is 1.37. The fraction of sp³-hybridized carbons (Fsp3) is 0.333. The third-order valence-electron chi connectivity index (χ3n) is 4.93. The van der Waals surface area contributed by atoms with E-state index in [9.17, 15) is 19.7 Å². The molecule has 3 rings (SSSR count). The predicted octanol–water partition coefficient (Wildman–Crippen LogP) is 2.21. The second-order valence-corrected chi connectivity index (χ2v) is 7.00. The number of nitrogens with one attached hydrogen (secondary N) is 2. The molecule has 0 bridgehead atoms. The van der Waals surface area contributed by atoms with Gasteiger partial charge in [-0.3, -0.25) is 19.7 Å². The van der Waals surface area contributed by atoms with Crippen molar-refractivity contribution in [2.45, 2.75) is 12.8 Å². The Morgan fingerprint density at radius 1 is 1.10 bits per heavy atom. The number of hydrogen-bond donors (Lipinski definition) is 2. The highest BCUT2D eigenvalue weighted by Gasteiger charge is 2.33. The largest absolute Gasteiger partial charge is 0.383 e. The average molecular weight is 396 g/mol. The standard InChI is InChI=1S/C21H24N4O4/c26-20-14-17(15-24(20)13-10-16-4-2-1-3-5-16)21(27)23-12-11-22-18-6-8-19(9-7-18)25(28)29/h1-9,17,22H,10-15H2,(H,23,27)/t17-/m0/s1. The van der Waals surface area contributed by atoms with Gasteiger partial charge in [0.05, 0.1) is 10.8 Å². The summed E-state index contributed by atoms with van der Waals surface area (Å²) in [7, 11) is 0. The first-order valence-corrected chi connectivity index (χ1v) is 9.60. The van der Waals surface area contributed by atoms with Crippen LogP contribution in [0.1, 0.15) is 12.0 Å². The molecule has 1 aliphatic heterocycles. The van der Waals surface area contributed by atoms with E-state index in [1.807, 2.05) is 30.3 Å². The van der Waals surface area contributed by atoms with Gasteiger partial charge in [0, 0.05) is 50.4 Å². The van der Waals surface area contributed by atoms with Gasteiger partial charge >= 0.3 is 0 Å². The molecule has 1 aliphatic rings. The summed E-state index contributed by atoms with van der Waals surface area (Å²) < 4.78 is 0. The molecule has 0 radical (unpaired) electrons. The van der Waals surface area contributed by atoms with Crippen LogP contribution in [0.3, 0.4) is 0 Å². The molecule has 152 valence electrons. The van der Waals surface area contributed by atoms with E-state index < -0.39 is 4.92 Å². The first kappa shape index (κ1) is 20.3. The molecular formula is C21H24N4O4. The van der Waals surface area contributed by atoms with E-state index in [0.29, 0.717) is 26.2 Å². The first-order chi connectivity index (χ1) is 14.0. The van der Waals surface area contributed by atoms with Crippen molar-refractivity contribution in [1.29, 1.82) is 0 Å². The van der Waals surface area contributed by atoms with Crippen molar-refractivity contribution in [3.05, 3.63) is 70.3 Å². The van der Waals surface area contributed by atoms with Crippen LogP contribution in [0, 0.1) is 16.0 Å². The maximum absolute atomic E-state index is 12.3. The Kier molecular flexibility index (Phi) is 6.78. The van der Waals surface area contributed by atoms with Crippen molar-refractivity contribution in [2.24, 2.45) is 5.92 Å². The molecular weight excluding hydrogens is 372 g/mol. The molecule has 0 unspecified atom stereocenters. The number of rotatable bonds is 9. The van der Waals surface area contributed by atoms with E-state index in [0.717, 1.165) is 12.1 Å². The lowest BCUT2D eigenvalue weighted by Crippen LogP contribution is -2.35. The molecule has 1 saturated heterocycles. The van der Waals surface area contributed by atoms with Crippen LogP contribution < -0.4 is 10.6 Å². The van der Waals surface area contributed by atoms with Crippen LogP contribution in [0.15, 0.2) is 54.6 Å². The zero-order valence-electron chi connectivity index (χ0n) is 16.0. The fourth-order valence-electron chi connectivity index (χ4n) is 3.31. The molecule has 1 atom stereocenters. The van der Waals surface area contributed by atoms with Gasteiger partial charge in [-0.15, -0.1) is 0 Å². The van der Waals surface area contributed by atoms with Crippen LogP contribution in [-0.2, 0) is 16.0 Å². The molecule has 8 nitrogen and oxygen atoms in total. The van der Waals surface area contributed by atoms with Crippen molar-refractivity contribution in [3.8, 4) is 0 Å². The Morgan fingerprint density at radius 2 is 1.83 bits per heavy atom. The maximum Gasteiger partial charge on any atom is 0.269 e. The Morgan fingerprint density at radius 3 is 2.52 bits per heavy atom. The zero-order chi connectivity index (χ0) is 20.6. The van der Waals surface area contributed by atoms with Gasteiger partial charge < -0.3 is 15.5 Å². The van der Waals surface area contributed by atoms with Gasteiger partial charge in [0.1, 0.15) is 0 Å². The lowest BCUT2D eigenvalue weighted by molar-refractivity contribution is -0.384. The number of benzene rings is 2. The van der Waals surface area contributed by atoms with Gasteiger partial charge in [0.2, 0.25) is 11.8 Å². The molecule has 29 heavy (non-hydrogen) atoms. The van der Waals surface area contributed by atoms with E-state index in [-0.39, 0.29) is 29.8 Å². The number of nitro groups is 1. The lowest BCUT2D eigenvalue weighted by atomic mass is 10.1. The summed E-state index contributed by atoms with van der Waals surface area (Å²) in [5.41, 5.74) is 1.95. The van der Waals surface area contributed by atoms with E-state index in [1.54, 1.807) is 17.0 Å². The molecule has 2 N–H and O–H groups in total. The number of nitro benzene ring substituents is 1. The molecule has 1 fully saturated rings. The highest BCUT2D eigenvalue weighted by atomic mass is 16.6. The number of carbonyl (C=O) groups is 2. The summed E-state index contributed by atoms with van der Waals surface area (Å²) in [5, 5.41) is 16.6. The van der Waals surface area contributed by atoms with Crippen LogP contribution in [0.25, 0.3) is 0 Å². The summed E-state index contributed by atoms with van der Waals surface area (Å²) in [6, 6.07) is 16.1. The molecule has 0 aliphatic carbocycles. The van der Waals surface area contributed by atoms with Crippen LogP contribution in [0.4, 0.5) is 11.4 Å².